The van der Waals surface area contributed by atoms with Crippen LogP contribution in [0.3, 0.4) is 0 Å². The van der Waals surface area contributed by atoms with Crippen molar-refractivity contribution in [1.82, 2.24) is 9.78 Å². The Morgan fingerprint density at radius 3 is 2.62 bits per heavy atom. The third-order valence-electron chi connectivity index (χ3n) is 3.25. The molecule has 1 aromatic heterocycles. The third-order valence-corrected chi connectivity index (χ3v) is 3.25. The highest BCUT2D eigenvalue weighted by Crippen LogP contribution is 2.22. The number of hydrogen-bond acceptors (Lipinski definition) is 3. The van der Waals surface area contributed by atoms with Crippen LogP contribution in [0, 0.1) is 0 Å². The molecule has 2 aromatic rings. The Morgan fingerprint density at radius 2 is 2.05 bits per heavy atom. The van der Waals surface area contributed by atoms with Gasteiger partial charge in [0.2, 0.25) is 0 Å². The van der Waals surface area contributed by atoms with Crippen LogP contribution in [0.15, 0.2) is 30.3 Å². The average Bonchev–Trinajstić information content (AvgIpc) is 2.81. The van der Waals surface area contributed by atoms with Crippen LogP contribution < -0.4 is 5.32 Å². The van der Waals surface area contributed by atoms with Crippen molar-refractivity contribution in [3.05, 3.63) is 47.3 Å². The largest absolute Gasteiger partial charge is 0.392 e. The highest BCUT2D eigenvalue weighted by molar-refractivity contribution is 6.03. The van der Waals surface area contributed by atoms with Crippen LogP contribution in [0.25, 0.3) is 0 Å². The summed E-state index contributed by atoms with van der Waals surface area (Å²) in [6, 6.07) is 8.95. The van der Waals surface area contributed by atoms with Gasteiger partial charge in [-0.25, -0.2) is 0 Å². The Hall–Kier alpha value is -2.14. The number of aryl methyl sites for hydroxylation is 1. The highest BCUT2D eigenvalue weighted by Gasteiger charge is 2.21. The number of nitrogens with one attached hydrogen (secondary N) is 1. The molecule has 1 amide bonds. The summed E-state index contributed by atoms with van der Waals surface area (Å²) in [4.78, 5) is 12.3. The summed E-state index contributed by atoms with van der Waals surface area (Å²) in [7, 11) is 1.76. The Balaban J connectivity index is 2.22. The second-order valence-corrected chi connectivity index (χ2v) is 6.10. The summed E-state index contributed by atoms with van der Waals surface area (Å²) in [6.45, 7) is 6.12. The topological polar surface area (TPSA) is 67.2 Å². The van der Waals surface area contributed by atoms with Gasteiger partial charge in [-0.2, -0.15) is 5.10 Å². The van der Waals surface area contributed by atoms with Crippen LogP contribution in [-0.4, -0.2) is 20.8 Å². The molecule has 0 aliphatic rings. The van der Waals surface area contributed by atoms with E-state index in [1.54, 1.807) is 36.0 Å². The molecule has 0 bridgehead atoms. The lowest BCUT2D eigenvalue weighted by Gasteiger charge is -2.13. The van der Waals surface area contributed by atoms with E-state index in [0.717, 1.165) is 11.3 Å². The van der Waals surface area contributed by atoms with Crippen LogP contribution in [0.1, 0.15) is 42.5 Å². The van der Waals surface area contributed by atoms with Crippen LogP contribution in [0.2, 0.25) is 0 Å². The summed E-state index contributed by atoms with van der Waals surface area (Å²) in [5.41, 5.74) is 2.69. The first-order chi connectivity index (χ1) is 9.81. The van der Waals surface area contributed by atoms with Gasteiger partial charge in [0.05, 0.1) is 12.3 Å². The number of anilines is 1. The second kappa shape index (κ2) is 5.69. The van der Waals surface area contributed by atoms with E-state index in [9.17, 15) is 4.79 Å². The van der Waals surface area contributed by atoms with Crippen molar-refractivity contribution < 1.29 is 9.90 Å². The average molecular weight is 287 g/mol. The maximum atomic E-state index is 12.3. The van der Waals surface area contributed by atoms with Crippen molar-refractivity contribution in [1.29, 1.82) is 0 Å². The quantitative estimate of drug-likeness (QED) is 0.911. The highest BCUT2D eigenvalue weighted by atomic mass is 16.3. The first kappa shape index (κ1) is 15.3. The number of aromatic nitrogens is 2. The third kappa shape index (κ3) is 3.49. The molecule has 0 atom stereocenters. The van der Waals surface area contributed by atoms with Gasteiger partial charge in [-0.05, 0) is 23.8 Å². The molecule has 2 rings (SSSR count). The van der Waals surface area contributed by atoms with E-state index in [0.29, 0.717) is 11.4 Å². The zero-order valence-electron chi connectivity index (χ0n) is 12.8. The van der Waals surface area contributed by atoms with E-state index in [1.807, 2.05) is 6.07 Å². The van der Waals surface area contributed by atoms with Gasteiger partial charge in [0.25, 0.3) is 5.91 Å². The Bertz CT molecular complexity index is 654. The molecule has 5 heteroatoms. The van der Waals surface area contributed by atoms with Crippen molar-refractivity contribution >= 4 is 11.6 Å². The number of amides is 1. The fourth-order valence-corrected chi connectivity index (χ4v) is 1.99. The van der Waals surface area contributed by atoms with Crippen molar-refractivity contribution in [3.63, 3.8) is 0 Å². The number of carbonyl (C=O) groups excluding carboxylic acids is 1. The van der Waals surface area contributed by atoms with Gasteiger partial charge in [-0.1, -0.05) is 32.9 Å². The number of rotatable bonds is 3. The smallest absolute Gasteiger partial charge is 0.273 e. The number of nitrogens with zero attached hydrogens (tertiary/aromatic N) is 2. The van der Waals surface area contributed by atoms with Gasteiger partial charge in [0.15, 0.2) is 0 Å². The van der Waals surface area contributed by atoms with Crippen molar-refractivity contribution in [2.75, 3.05) is 5.32 Å². The first-order valence-electron chi connectivity index (χ1n) is 6.87. The molecular formula is C16H21N3O2. The van der Waals surface area contributed by atoms with E-state index in [1.165, 1.54) is 0 Å². The molecule has 112 valence electrons. The normalized spacial score (nSPS) is 11.5. The minimum absolute atomic E-state index is 0.0520. The molecule has 0 saturated heterocycles. The zero-order chi connectivity index (χ0) is 15.6. The molecule has 2 N–H and O–H groups in total. The van der Waals surface area contributed by atoms with Crippen LogP contribution >= 0.6 is 0 Å². The Kier molecular flexibility index (Phi) is 4.14. The van der Waals surface area contributed by atoms with Gasteiger partial charge in [0.1, 0.15) is 5.69 Å². The molecule has 0 saturated carbocycles. The summed E-state index contributed by atoms with van der Waals surface area (Å²) in [6.07, 6.45) is 0. The molecular weight excluding hydrogens is 266 g/mol. The number of aliphatic hydroxyl groups is 1. The number of aliphatic hydroxyl groups excluding tert-OH is 1. The predicted octanol–water partition coefficient (Wildman–Crippen LogP) is 2.46. The lowest BCUT2D eigenvalue weighted by molar-refractivity contribution is 0.101. The first-order valence-corrected chi connectivity index (χ1v) is 6.87. The van der Waals surface area contributed by atoms with Crippen molar-refractivity contribution in [2.24, 2.45) is 7.05 Å². The monoisotopic (exact) mass is 287 g/mol. The molecule has 0 spiro atoms. The second-order valence-electron chi connectivity index (χ2n) is 6.10. The van der Waals surface area contributed by atoms with E-state index in [4.69, 9.17) is 5.11 Å². The molecule has 5 nitrogen and oxygen atoms in total. The number of benzene rings is 1. The zero-order valence-corrected chi connectivity index (χ0v) is 12.8. The van der Waals surface area contributed by atoms with Crippen LogP contribution in [0.5, 0.6) is 0 Å². The maximum Gasteiger partial charge on any atom is 0.273 e. The van der Waals surface area contributed by atoms with E-state index >= 15 is 0 Å². The predicted molar refractivity (Wildman–Crippen MR) is 82.2 cm³/mol. The summed E-state index contributed by atoms with van der Waals surface area (Å²) < 4.78 is 1.59. The fourth-order valence-electron chi connectivity index (χ4n) is 1.99. The molecule has 1 aromatic carbocycles. The molecule has 1 heterocycles. The summed E-state index contributed by atoms with van der Waals surface area (Å²) in [5, 5.41) is 16.3. The summed E-state index contributed by atoms with van der Waals surface area (Å²) >= 11 is 0. The molecule has 21 heavy (non-hydrogen) atoms. The minimum Gasteiger partial charge on any atom is -0.392 e. The number of carbonyl (C=O) groups is 1. The molecule has 0 unspecified atom stereocenters. The molecule has 0 aliphatic heterocycles. The van der Waals surface area contributed by atoms with E-state index in [-0.39, 0.29) is 17.9 Å². The van der Waals surface area contributed by atoms with Crippen molar-refractivity contribution in [2.45, 2.75) is 32.8 Å². The molecule has 0 radical (unpaired) electrons. The van der Waals surface area contributed by atoms with Gasteiger partial charge in [-0.3, -0.25) is 9.48 Å². The Labute approximate surface area is 124 Å². The van der Waals surface area contributed by atoms with Crippen molar-refractivity contribution in [3.8, 4) is 0 Å². The van der Waals surface area contributed by atoms with Gasteiger partial charge >= 0.3 is 0 Å². The van der Waals surface area contributed by atoms with E-state index < -0.39 is 0 Å². The molecule has 0 aliphatic carbocycles. The lowest BCUT2D eigenvalue weighted by Crippen LogP contribution is -2.16. The van der Waals surface area contributed by atoms with Crippen LogP contribution in [0.4, 0.5) is 5.69 Å². The Morgan fingerprint density at radius 1 is 1.33 bits per heavy atom. The minimum atomic E-state index is -0.212. The molecule has 0 fully saturated rings. The maximum absolute atomic E-state index is 12.3. The van der Waals surface area contributed by atoms with Gasteiger partial charge in [-0.15, -0.1) is 0 Å². The van der Waals surface area contributed by atoms with Crippen LogP contribution in [-0.2, 0) is 19.1 Å². The van der Waals surface area contributed by atoms with Gasteiger partial charge < -0.3 is 10.4 Å². The van der Waals surface area contributed by atoms with E-state index in [2.05, 4.69) is 31.2 Å². The standard InChI is InChI=1S/C16H21N3O2/c1-16(2,3)14-9-13(19(4)18-14)15(21)17-12-7-5-6-11(8-12)10-20/h5-9,20H,10H2,1-4H3,(H,17,21). The SMILES string of the molecule is Cn1nc(C(C)(C)C)cc1C(=O)Nc1cccc(CO)c1. The fraction of sp³-hybridized carbons (Fsp3) is 0.375. The summed E-state index contributed by atoms with van der Waals surface area (Å²) in [5.74, 6) is -0.212. The van der Waals surface area contributed by atoms with Gasteiger partial charge in [0, 0.05) is 18.2 Å². The number of hydrogen-bond donors (Lipinski definition) is 2. The lowest BCUT2D eigenvalue weighted by atomic mass is 9.92.